The quantitative estimate of drug-likeness (QED) is 0.917. The van der Waals surface area contributed by atoms with E-state index in [1.807, 2.05) is 6.07 Å². The molecule has 0 saturated carbocycles. The number of hydrogen-bond donors (Lipinski definition) is 1. The molecule has 23 heavy (non-hydrogen) atoms. The Kier molecular flexibility index (Phi) is 4.78. The molecule has 0 radical (unpaired) electrons. The first-order valence-electron chi connectivity index (χ1n) is 7.39. The minimum Gasteiger partial charge on any atom is -0.495 e. The number of halogens is 1. The molecule has 8 heteroatoms. The van der Waals surface area contributed by atoms with Gasteiger partial charge in [-0.15, -0.1) is 5.10 Å². The van der Waals surface area contributed by atoms with Crippen LogP contribution in [0.15, 0.2) is 24.4 Å². The van der Waals surface area contributed by atoms with E-state index >= 15 is 0 Å². The van der Waals surface area contributed by atoms with Gasteiger partial charge in [-0.1, -0.05) is 11.6 Å². The van der Waals surface area contributed by atoms with Crippen molar-refractivity contribution >= 4 is 29.1 Å². The molecule has 1 saturated heterocycles. The third-order valence-corrected chi connectivity index (χ3v) is 4.05. The lowest BCUT2D eigenvalue weighted by molar-refractivity contribution is 0.311. The number of methoxy groups -OCH3 is 1. The number of anilines is 3. The minimum atomic E-state index is 0.541. The van der Waals surface area contributed by atoms with Gasteiger partial charge in [-0.3, -0.25) is 0 Å². The molecule has 0 aliphatic carbocycles. The second kappa shape index (κ2) is 6.97. The topological polar surface area (TPSA) is 66.4 Å². The van der Waals surface area contributed by atoms with E-state index in [1.54, 1.807) is 25.4 Å². The highest BCUT2D eigenvalue weighted by molar-refractivity contribution is 6.32. The summed E-state index contributed by atoms with van der Waals surface area (Å²) in [4.78, 5) is 8.96. The van der Waals surface area contributed by atoms with Gasteiger partial charge >= 0.3 is 0 Å². The molecule has 1 aromatic carbocycles. The summed E-state index contributed by atoms with van der Waals surface area (Å²) >= 11 is 6.14. The van der Waals surface area contributed by atoms with Crippen molar-refractivity contribution in [2.45, 2.75) is 0 Å². The van der Waals surface area contributed by atoms with Crippen LogP contribution in [0.5, 0.6) is 5.75 Å². The number of rotatable bonds is 4. The van der Waals surface area contributed by atoms with Crippen molar-refractivity contribution in [2.75, 3.05) is 50.6 Å². The van der Waals surface area contributed by atoms with Gasteiger partial charge in [0.25, 0.3) is 0 Å². The van der Waals surface area contributed by atoms with Crippen molar-refractivity contribution in [3.8, 4) is 5.75 Å². The van der Waals surface area contributed by atoms with E-state index in [1.165, 1.54) is 0 Å². The summed E-state index contributed by atoms with van der Waals surface area (Å²) in [7, 11) is 3.70. The number of benzene rings is 1. The molecule has 2 heterocycles. The molecular weight excluding hydrogens is 316 g/mol. The summed E-state index contributed by atoms with van der Waals surface area (Å²) in [6.07, 6.45) is 1.59. The van der Waals surface area contributed by atoms with E-state index in [2.05, 4.69) is 37.3 Å². The molecule has 1 fully saturated rings. The Morgan fingerprint density at radius 2 is 2.00 bits per heavy atom. The lowest BCUT2D eigenvalue weighted by atomic mass is 10.3. The first-order chi connectivity index (χ1) is 11.2. The van der Waals surface area contributed by atoms with Crippen LogP contribution in [0, 0.1) is 0 Å². The molecular formula is C15H19ClN6O. The number of piperazine rings is 1. The largest absolute Gasteiger partial charge is 0.495 e. The first-order valence-corrected chi connectivity index (χ1v) is 7.77. The highest BCUT2D eigenvalue weighted by Crippen LogP contribution is 2.28. The summed E-state index contributed by atoms with van der Waals surface area (Å²) in [5.74, 6) is 1.91. The van der Waals surface area contributed by atoms with Crippen molar-refractivity contribution in [3.05, 3.63) is 29.4 Å². The first kappa shape index (κ1) is 15.8. The predicted octanol–water partition coefficient (Wildman–Crippen LogP) is 2.03. The fraction of sp³-hybridized carbons (Fsp3) is 0.400. The molecule has 0 unspecified atom stereocenters. The highest BCUT2D eigenvalue weighted by atomic mass is 35.5. The Balaban J connectivity index is 1.73. The third kappa shape index (κ3) is 3.80. The van der Waals surface area contributed by atoms with Gasteiger partial charge < -0.3 is 19.9 Å². The van der Waals surface area contributed by atoms with Gasteiger partial charge in [0.05, 0.1) is 18.3 Å². The molecule has 1 aromatic heterocycles. The average Bonchev–Trinajstić information content (AvgIpc) is 2.56. The van der Waals surface area contributed by atoms with Crippen LogP contribution < -0.4 is 15.0 Å². The molecule has 3 rings (SSSR count). The summed E-state index contributed by atoms with van der Waals surface area (Å²) in [5.41, 5.74) is 0.820. The molecule has 0 atom stereocenters. The Hall–Kier alpha value is -2.12. The van der Waals surface area contributed by atoms with E-state index in [0.29, 0.717) is 22.5 Å². The predicted molar refractivity (Wildman–Crippen MR) is 90.8 cm³/mol. The van der Waals surface area contributed by atoms with Gasteiger partial charge in [-0.25, -0.2) is 0 Å². The van der Waals surface area contributed by atoms with E-state index in [0.717, 1.165) is 31.9 Å². The van der Waals surface area contributed by atoms with Crippen LogP contribution >= 0.6 is 11.6 Å². The maximum Gasteiger partial charge on any atom is 0.247 e. The van der Waals surface area contributed by atoms with Crippen LogP contribution in [-0.2, 0) is 0 Å². The van der Waals surface area contributed by atoms with Crippen LogP contribution in [0.2, 0.25) is 5.02 Å². The van der Waals surface area contributed by atoms with E-state index in [-0.39, 0.29) is 0 Å². The third-order valence-electron chi connectivity index (χ3n) is 3.76. The zero-order valence-corrected chi connectivity index (χ0v) is 13.9. The maximum atomic E-state index is 6.14. The second-order valence-electron chi connectivity index (χ2n) is 5.41. The van der Waals surface area contributed by atoms with Crippen molar-refractivity contribution in [1.82, 2.24) is 20.1 Å². The Morgan fingerprint density at radius 3 is 2.70 bits per heavy atom. The van der Waals surface area contributed by atoms with Crippen LogP contribution in [0.1, 0.15) is 0 Å². The Morgan fingerprint density at radius 1 is 1.22 bits per heavy atom. The molecule has 7 nitrogen and oxygen atoms in total. The summed E-state index contributed by atoms with van der Waals surface area (Å²) in [5, 5.41) is 11.9. The maximum absolute atomic E-state index is 6.14. The van der Waals surface area contributed by atoms with Crippen LogP contribution in [0.25, 0.3) is 0 Å². The summed E-state index contributed by atoms with van der Waals surface area (Å²) < 4.78 is 5.15. The zero-order chi connectivity index (χ0) is 16.2. The number of hydrogen-bond acceptors (Lipinski definition) is 7. The summed E-state index contributed by atoms with van der Waals surface area (Å²) in [6, 6.07) is 5.47. The molecule has 0 spiro atoms. The zero-order valence-electron chi connectivity index (χ0n) is 13.2. The Bertz CT molecular complexity index is 675. The van der Waals surface area contributed by atoms with Gasteiger partial charge in [-0.05, 0) is 25.2 Å². The average molecular weight is 335 g/mol. The van der Waals surface area contributed by atoms with Gasteiger partial charge in [0.15, 0.2) is 5.82 Å². The molecule has 2 aromatic rings. The van der Waals surface area contributed by atoms with Crippen molar-refractivity contribution in [2.24, 2.45) is 0 Å². The van der Waals surface area contributed by atoms with Crippen molar-refractivity contribution in [1.29, 1.82) is 0 Å². The van der Waals surface area contributed by atoms with Gasteiger partial charge in [0, 0.05) is 31.9 Å². The minimum absolute atomic E-state index is 0.541. The lowest BCUT2D eigenvalue weighted by Gasteiger charge is -2.32. The number of aromatic nitrogens is 3. The van der Waals surface area contributed by atoms with Crippen LogP contribution in [0.3, 0.4) is 0 Å². The molecule has 1 aliphatic heterocycles. The number of nitrogens with zero attached hydrogens (tertiary/aromatic N) is 5. The van der Waals surface area contributed by atoms with E-state index in [9.17, 15) is 0 Å². The van der Waals surface area contributed by atoms with E-state index < -0.39 is 0 Å². The lowest BCUT2D eigenvalue weighted by Crippen LogP contribution is -2.45. The highest BCUT2D eigenvalue weighted by Gasteiger charge is 2.17. The molecule has 0 bridgehead atoms. The van der Waals surface area contributed by atoms with Crippen molar-refractivity contribution in [3.63, 3.8) is 0 Å². The van der Waals surface area contributed by atoms with Gasteiger partial charge in [0.1, 0.15) is 5.75 Å². The fourth-order valence-corrected chi connectivity index (χ4v) is 2.64. The molecule has 0 amide bonds. The van der Waals surface area contributed by atoms with Crippen LogP contribution in [0.4, 0.5) is 17.5 Å². The normalized spacial score (nSPS) is 15.5. The van der Waals surface area contributed by atoms with Crippen molar-refractivity contribution < 1.29 is 4.74 Å². The second-order valence-corrected chi connectivity index (χ2v) is 5.81. The molecule has 1 N–H and O–H groups in total. The Labute approximate surface area is 140 Å². The number of nitrogens with one attached hydrogen (secondary N) is 1. The standard InChI is InChI=1S/C15H19ClN6O/c1-21-5-7-22(8-6-21)15-19-14(10-17-20-15)18-11-3-4-13(23-2)12(16)9-11/h3-4,9-10H,5-8H2,1-2H3,(H,18,19,20). The number of likely N-dealkylation sites (N-methyl/N-ethyl adjacent to an activating group) is 1. The fourth-order valence-electron chi connectivity index (χ4n) is 2.39. The summed E-state index contributed by atoms with van der Waals surface area (Å²) in [6.45, 7) is 3.79. The van der Waals surface area contributed by atoms with Gasteiger partial charge in [-0.2, -0.15) is 10.1 Å². The van der Waals surface area contributed by atoms with E-state index in [4.69, 9.17) is 16.3 Å². The monoisotopic (exact) mass is 334 g/mol. The smallest absolute Gasteiger partial charge is 0.247 e. The molecule has 1 aliphatic rings. The number of ether oxygens (including phenoxy) is 1. The van der Waals surface area contributed by atoms with Gasteiger partial charge in [0.2, 0.25) is 5.95 Å². The molecule has 122 valence electrons. The van der Waals surface area contributed by atoms with Crippen LogP contribution in [-0.4, -0.2) is 60.4 Å². The SMILES string of the molecule is COc1ccc(Nc2cnnc(N3CCN(C)CC3)n2)cc1Cl.